The molecule has 1 aliphatic rings. The lowest BCUT2D eigenvalue weighted by molar-refractivity contribution is -0.118. The van der Waals surface area contributed by atoms with Gasteiger partial charge in [0.1, 0.15) is 0 Å². The third-order valence-electron chi connectivity index (χ3n) is 2.69. The average Bonchev–Trinajstić information content (AvgIpc) is 2.61. The lowest BCUT2D eigenvalue weighted by atomic mass is 10.2. The first kappa shape index (κ1) is 10.9. The number of carbonyl (C=O) groups is 1. The molecule has 0 spiro atoms. The summed E-state index contributed by atoms with van der Waals surface area (Å²) in [5.74, 6) is -0.443. The molecule has 86 valence electrons. The number of nitrogens with zero attached hydrogens (tertiary/aromatic N) is 1. The average molecular weight is 224 g/mol. The van der Waals surface area contributed by atoms with Gasteiger partial charge in [0.05, 0.1) is 13.2 Å². The van der Waals surface area contributed by atoms with Crippen LogP contribution in [-0.4, -0.2) is 25.6 Å². The highest BCUT2D eigenvalue weighted by molar-refractivity contribution is 5.99. The first-order valence-electron chi connectivity index (χ1n) is 5.04. The molecule has 1 fully saturated rings. The topological polar surface area (TPSA) is 55.6 Å². The standard InChI is InChI=1S/C11H13FN2O2/c1-16-10-6-7(2-3-8(10)12)14-5-4-9(13)11(14)15/h2-3,6,9H,4-5,13H2,1H3. The summed E-state index contributed by atoms with van der Waals surface area (Å²) in [4.78, 5) is 13.2. The van der Waals surface area contributed by atoms with Crippen molar-refractivity contribution in [2.45, 2.75) is 12.5 Å². The molecule has 1 aliphatic heterocycles. The van der Waals surface area contributed by atoms with Crippen LogP contribution in [-0.2, 0) is 4.79 Å². The van der Waals surface area contributed by atoms with Gasteiger partial charge in [-0.1, -0.05) is 0 Å². The van der Waals surface area contributed by atoms with Crippen molar-refractivity contribution in [3.63, 3.8) is 0 Å². The van der Waals surface area contributed by atoms with Crippen molar-refractivity contribution in [3.8, 4) is 5.75 Å². The van der Waals surface area contributed by atoms with Crippen LogP contribution in [0.2, 0.25) is 0 Å². The number of hydrogen-bond acceptors (Lipinski definition) is 3. The second-order valence-electron chi connectivity index (χ2n) is 3.70. The first-order chi connectivity index (χ1) is 7.63. The predicted molar refractivity (Wildman–Crippen MR) is 57.9 cm³/mol. The van der Waals surface area contributed by atoms with E-state index in [4.69, 9.17) is 10.5 Å². The van der Waals surface area contributed by atoms with Crippen molar-refractivity contribution in [1.29, 1.82) is 0 Å². The van der Waals surface area contributed by atoms with Gasteiger partial charge in [-0.3, -0.25) is 4.79 Å². The number of hydrogen-bond donors (Lipinski definition) is 1. The van der Waals surface area contributed by atoms with Crippen molar-refractivity contribution in [3.05, 3.63) is 24.0 Å². The lowest BCUT2D eigenvalue weighted by Gasteiger charge is -2.17. The molecular weight excluding hydrogens is 211 g/mol. The second kappa shape index (κ2) is 4.09. The largest absolute Gasteiger partial charge is 0.494 e. The first-order valence-corrected chi connectivity index (χ1v) is 5.04. The molecule has 1 saturated heterocycles. The highest BCUT2D eigenvalue weighted by atomic mass is 19.1. The van der Waals surface area contributed by atoms with Crippen molar-refractivity contribution >= 4 is 11.6 Å². The maximum absolute atomic E-state index is 13.2. The Hall–Kier alpha value is -1.62. The van der Waals surface area contributed by atoms with Gasteiger partial charge in [0.2, 0.25) is 5.91 Å². The zero-order chi connectivity index (χ0) is 11.7. The fraction of sp³-hybridized carbons (Fsp3) is 0.364. The monoisotopic (exact) mass is 224 g/mol. The summed E-state index contributed by atoms with van der Waals surface area (Å²) in [6.07, 6.45) is 0.624. The number of carbonyl (C=O) groups excluding carboxylic acids is 1. The maximum atomic E-state index is 13.2. The molecule has 1 aromatic rings. The summed E-state index contributed by atoms with van der Waals surface area (Å²) in [7, 11) is 1.39. The Morgan fingerprint density at radius 2 is 2.31 bits per heavy atom. The van der Waals surface area contributed by atoms with Gasteiger partial charge >= 0.3 is 0 Å². The van der Waals surface area contributed by atoms with E-state index < -0.39 is 11.9 Å². The van der Waals surface area contributed by atoms with E-state index in [2.05, 4.69) is 0 Å². The third kappa shape index (κ3) is 1.74. The number of amides is 1. The zero-order valence-electron chi connectivity index (χ0n) is 8.94. The molecule has 0 radical (unpaired) electrons. The molecule has 0 bridgehead atoms. The van der Waals surface area contributed by atoms with Gasteiger partial charge in [-0.05, 0) is 18.6 Å². The molecule has 5 heteroatoms. The van der Waals surface area contributed by atoms with E-state index in [1.807, 2.05) is 0 Å². The minimum absolute atomic E-state index is 0.130. The van der Waals surface area contributed by atoms with E-state index >= 15 is 0 Å². The summed E-state index contributed by atoms with van der Waals surface area (Å²) >= 11 is 0. The Bertz CT molecular complexity index is 422. The van der Waals surface area contributed by atoms with Crippen LogP contribution in [0.1, 0.15) is 6.42 Å². The van der Waals surface area contributed by atoms with Crippen molar-refractivity contribution in [2.24, 2.45) is 5.73 Å². The van der Waals surface area contributed by atoms with Gasteiger partial charge in [0, 0.05) is 18.3 Å². The van der Waals surface area contributed by atoms with Gasteiger partial charge in [-0.2, -0.15) is 0 Å². The summed E-state index contributed by atoms with van der Waals surface area (Å²) in [6, 6.07) is 3.89. The number of rotatable bonds is 2. The zero-order valence-corrected chi connectivity index (χ0v) is 8.94. The molecule has 0 aliphatic carbocycles. The molecule has 4 nitrogen and oxygen atoms in total. The SMILES string of the molecule is COc1cc(N2CCC(N)C2=O)ccc1F. The van der Waals surface area contributed by atoms with Gasteiger partial charge < -0.3 is 15.4 Å². The lowest BCUT2D eigenvalue weighted by Crippen LogP contribution is -2.33. The summed E-state index contributed by atoms with van der Waals surface area (Å²) < 4.78 is 18.0. The van der Waals surface area contributed by atoms with Gasteiger partial charge in [-0.25, -0.2) is 4.39 Å². The second-order valence-corrected chi connectivity index (χ2v) is 3.70. The van der Waals surface area contributed by atoms with Gasteiger partial charge in [-0.15, -0.1) is 0 Å². The Balaban J connectivity index is 2.31. The Morgan fingerprint density at radius 1 is 1.56 bits per heavy atom. The van der Waals surface area contributed by atoms with Crippen LogP contribution in [0.4, 0.5) is 10.1 Å². The van der Waals surface area contributed by atoms with E-state index in [9.17, 15) is 9.18 Å². The number of methoxy groups -OCH3 is 1. The Labute approximate surface area is 92.8 Å². The Kier molecular flexibility index (Phi) is 2.78. The number of halogens is 1. The van der Waals surface area contributed by atoms with Gasteiger partial charge in [0.25, 0.3) is 0 Å². The van der Waals surface area contributed by atoms with E-state index in [0.717, 1.165) is 0 Å². The molecule has 0 saturated carbocycles. The van der Waals surface area contributed by atoms with Crippen molar-refractivity contribution < 1.29 is 13.9 Å². The molecule has 1 unspecified atom stereocenters. The fourth-order valence-electron chi connectivity index (χ4n) is 1.77. The molecule has 1 aromatic carbocycles. The fourth-order valence-corrected chi connectivity index (χ4v) is 1.77. The van der Waals surface area contributed by atoms with Crippen LogP contribution < -0.4 is 15.4 Å². The van der Waals surface area contributed by atoms with Crippen molar-refractivity contribution in [2.75, 3.05) is 18.6 Å². The van der Waals surface area contributed by atoms with Crippen LogP contribution in [0.3, 0.4) is 0 Å². The van der Waals surface area contributed by atoms with E-state index in [-0.39, 0.29) is 11.7 Å². The summed E-state index contributed by atoms with van der Waals surface area (Å²) in [6.45, 7) is 0.564. The molecule has 1 amide bonds. The predicted octanol–water partition coefficient (Wildman–Crippen LogP) is 0.898. The molecule has 1 heterocycles. The quantitative estimate of drug-likeness (QED) is 0.812. The molecule has 2 rings (SSSR count). The molecule has 2 N–H and O–H groups in total. The molecule has 16 heavy (non-hydrogen) atoms. The van der Waals surface area contributed by atoms with E-state index in [1.54, 1.807) is 11.0 Å². The third-order valence-corrected chi connectivity index (χ3v) is 2.69. The maximum Gasteiger partial charge on any atom is 0.243 e. The number of benzene rings is 1. The number of anilines is 1. The number of nitrogens with two attached hydrogens (primary N) is 1. The summed E-state index contributed by atoms with van der Waals surface area (Å²) in [5, 5.41) is 0. The molecular formula is C11H13FN2O2. The van der Waals surface area contributed by atoms with Gasteiger partial charge in [0.15, 0.2) is 11.6 Å². The van der Waals surface area contributed by atoms with Crippen LogP contribution in [0, 0.1) is 5.82 Å². The van der Waals surface area contributed by atoms with Crippen LogP contribution in [0.5, 0.6) is 5.75 Å². The highest BCUT2D eigenvalue weighted by Crippen LogP contribution is 2.27. The summed E-state index contributed by atoms with van der Waals surface area (Å²) in [5.41, 5.74) is 6.23. The Morgan fingerprint density at radius 3 is 2.88 bits per heavy atom. The highest BCUT2D eigenvalue weighted by Gasteiger charge is 2.29. The number of ether oxygens (including phenoxy) is 1. The smallest absolute Gasteiger partial charge is 0.243 e. The minimum atomic E-state index is -0.448. The van der Waals surface area contributed by atoms with E-state index in [1.165, 1.54) is 19.2 Å². The normalized spacial score (nSPS) is 20.3. The molecule has 1 atom stereocenters. The van der Waals surface area contributed by atoms with Crippen LogP contribution >= 0.6 is 0 Å². The van der Waals surface area contributed by atoms with Crippen molar-refractivity contribution in [1.82, 2.24) is 0 Å². The van der Waals surface area contributed by atoms with Crippen LogP contribution in [0.25, 0.3) is 0 Å². The minimum Gasteiger partial charge on any atom is -0.494 e. The van der Waals surface area contributed by atoms with Crippen LogP contribution in [0.15, 0.2) is 18.2 Å². The molecule has 0 aromatic heterocycles. The van der Waals surface area contributed by atoms with E-state index in [0.29, 0.717) is 18.7 Å².